The van der Waals surface area contributed by atoms with Crippen molar-refractivity contribution >= 4 is 11.3 Å². The Balaban J connectivity index is 1.77. The molecule has 3 unspecified atom stereocenters. The summed E-state index contributed by atoms with van der Waals surface area (Å²) >= 11 is 1.74. The zero-order valence-corrected chi connectivity index (χ0v) is 12.0. The second-order valence-electron chi connectivity index (χ2n) is 5.56. The van der Waals surface area contributed by atoms with Crippen LogP contribution in [-0.4, -0.2) is 11.5 Å². The van der Waals surface area contributed by atoms with E-state index in [1.807, 2.05) is 0 Å². The predicted molar refractivity (Wildman–Crippen MR) is 74.4 cm³/mol. The summed E-state index contributed by atoms with van der Waals surface area (Å²) in [6, 6.07) is 0.400. The number of hydrogen-bond donors (Lipinski definition) is 1. The number of rotatable bonds is 4. The van der Waals surface area contributed by atoms with Gasteiger partial charge in [0.05, 0.1) is 10.7 Å². The molecule has 1 heterocycles. The fourth-order valence-corrected chi connectivity index (χ4v) is 3.48. The molecule has 0 radical (unpaired) electrons. The van der Waals surface area contributed by atoms with E-state index in [1.54, 1.807) is 11.3 Å². The van der Waals surface area contributed by atoms with Crippen molar-refractivity contribution < 1.29 is 0 Å². The van der Waals surface area contributed by atoms with Crippen LogP contribution in [0, 0.1) is 18.8 Å². The van der Waals surface area contributed by atoms with Crippen molar-refractivity contribution in [1.82, 2.24) is 10.3 Å². The molecule has 0 bridgehead atoms. The standard InChI is InChI=1S/C14H24N2S/c1-10-5-4-6-13(7-10)8-15-11(2)14-9-17-12(3)16-14/h9-11,13,15H,4-8H2,1-3H3. The number of aromatic nitrogens is 1. The van der Waals surface area contributed by atoms with E-state index in [-0.39, 0.29) is 0 Å². The number of nitrogens with one attached hydrogen (secondary N) is 1. The summed E-state index contributed by atoms with van der Waals surface area (Å²) < 4.78 is 0. The lowest BCUT2D eigenvalue weighted by molar-refractivity contribution is 0.268. The Hall–Kier alpha value is -0.410. The second kappa shape index (κ2) is 5.96. The molecule has 0 aliphatic heterocycles. The van der Waals surface area contributed by atoms with Gasteiger partial charge in [0.25, 0.3) is 0 Å². The molecule has 96 valence electrons. The maximum Gasteiger partial charge on any atom is 0.0898 e. The van der Waals surface area contributed by atoms with Crippen molar-refractivity contribution in [1.29, 1.82) is 0 Å². The van der Waals surface area contributed by atoms with Crippen molar-refractivity contribution in [2.45, 2.75) is 52.5 Å². The summed E-state index contributed by atoms with van der Waals surface area (Å²) in [6.07, 6.45) is 5.64. The molecule has 1 saturated carbocycles. The van der Waals surface area contributed by atoms with Crippen LogP contribution in [0.25, 0.3) is 0 Å². The molecule has 1 aromatic rings. The smallest absolute Gasteiger partial charge is 0.0898 e. The second-order valence-corrected chi connectivity index (χ2v) is 6.62. The average molecular weight is 252 g/mol. The Bertz CT molecular complexity index is 348. The summed E-state index contributed by atoms with van der Waals surface area (Å²) in [6.45, 7) is 7.84. The molecule has 3 atom stereocenters. The minimum atomic E-state index is 0.400. The number of nitrogens with zero attached hydrogens (tertiary/aromatic N) is 1. The molecular formula is C14H24N2S. The SMILES string of the molecule is Cc1nc(C(C)NCC2CCCC(C)C2)cs1. The Kier molecular flexibility index (Phi) is 4.57. The third-order valence-corrected chi connectivity index (χ3v) is 4.63. The fraction of sp³-hybridized carbons (Fsp3) is 0.786. The van der Waals surface area contributed by atoms with Crippen LogP contribution >= 0.6 is 11.3 Å². The van der Waals surface area contributed by atoms with Gasteiger partial charge < -0.3 is 5.32 Å². The number of thiazole rings is 1. The molecule has 1 N–H and O–H groups in total. The molecule has 3 heteroatoms. The third kappa shape index (κ3) is 3.78. The van der Waals surface area contributed by atoms with Gasteiger partial charge in [-0.2, -0.15) is 0 Å². The Labute approximate surface area is 109 Å². The van der Waals surface area contributed by atoms with E-state index in [0.29, 0.717) is 6.04 Å². The van der Waals surface area contributed by atoms with Crippen LogP contribution in [-0.2, 0) is 0 Å². The van der Waals surface area contributed by atoms with E-state index in [2.05, 4.69) is 36.5 Å². The molecule has 0 spiro atoms. The molecule has 2 nitrogen and oxygen atoms in total. The largest absolute Gasteiger partial charge is 0.309 e. The number of hydrogen-bond acceptors (Lipinski definition) is 3. The zero-order chi connectivity index (χ0) is 12.3. The highest BCUT2D eigenvalue weighted by Crippen LogP contribution is 2.28. The third-order valence-electron chi connectivity index (χ3n) is 3.84. The van der Waals surface area contributed by atoms with E-state index < -0.39 is 0 Å². The first-order chi connectivity index (χ1) is 8.15. The quantitative estimate of drug-likeness (QED) is 0.878. The van der Waals surface area contributed by atoms with Gasteiger partial charge in [0.1, 0.15) is 0 Å². The van der Waals surface area contributed by atoms with E-state index in [0.717, 1.165) is 18.4 Å². The first kappa shape index (κ1) is 13.0. The predicted octanol–water partition coefficient (Wildman–Crippen LogP) is 3.93. The van der Waals surface area contributed by atoms with Gasteiger partial charge in [-0.05, 0) is 45.1 Å². The van der Waals surface area contributed by atoms with E-state index in [1.165, 1.54) is 36.4 Å². The Morgan fingerprint density at radius 3 is 3.00 bits per heavy atom. The molecule has 1 fully saturated rings. The summed E-state index contributed by atoms with van der Waals surface area (Å²) in [7, 11) is 0. The molecule has 2 rings (SSSR count). The van der Waals surface area contributed by atoms with Gasteiger partial charge in [0.2, 0.25) is 0 Å². The van der Waals surface area contributed by atoms with Crippen LogP contribution in [0.5, 0.6) is 0 Å². The van der Waals surface area contributed by atoms with Crippen molar-refractivity contribution in [3.8, 4) is 0 Å². The van der Waals surface area contributed by atoms with Crippen molar-refractivity contribution in [3.05, 3.63) is 16.1 Å². The molecule has 0 aromatic carbocycles. The summed E-state index contributed by atoms with van der Waals surface area (Å²) in [5.41, 5.74) is 1.20. The lowest BCUT2D eigenvalue weighted by Crippen LogP contribution is -2.28. The van der Waals surface area contributed by atoms with Gasteiger partial charge in [-0.15, -0.1) is 11.3 Å². The molecule has 1 aliphatic carbocycles. The van der Waals surface area contributed by atoms with Crippen LogP contribution in [0.3, 0.4) is 0 Å². The minimum Gasteiger partial charge on any atom is -0.309 e. The maximum absolute atomic E-state index is 4.55. The average Bonchev–Trinajstić information content (AvgIpc) is 2.73. The van der Waals surface area contributed by atoms with E-state index in [4.69, 9.17) is 0 Å². The molecule has 17 heavy (non-hydrogen) atoms. The maximum atomic E-state index is 4.55. The first-order valence-corrected chi connectivity index (χ1v) is 7.68. The van der Waals surface area contributed by atoms with Gasteiger partial charge in [0.15, 0.2) is 0 Å². The van der Waals surface area contributed by atoms with Gasteiger partial charge in [-0.1, -0.05) is 19.8 Å². The van der Waals surface area contributed by atoms with Crippen LogP contribution < -0.4 is 5.32 Å². The normalized spacial score (nSPS) is 27.0. The topological polar surface area (TPSA) is 24.9 Å². The minimum absolute atomic E-state index is 0.400. The van der Waals surface area contributed by atoms with Gasteiger partial charge in [-0.3, -0.25) is 0 Å². The summed E-state index contributed by atoms with van der Waals surface area (Å²) in [5, 5.41) is 6.99. The summed E-state index contributed by atoms with van der Waals surface area (Å²) in [4.78, 5) is 4.55. The van der Waals surface area contributed by atoms with Crippen LogP contribution in [0.2, 0.25) is 0 Å². The monoisotopic (exact) mass is 252 g/mol. The van der Waals surface area contributed by atoms with Crippen molar-refractivity contribution in [2.24, 2.45) is 11.8 Å². The van der Waals surface area contributed by atoms with Crippen molar-refractivity contribution in [3.63, 3.8) is 0 Å². The molecular weight excluding hydrogens is 228 g/mol. The summed E-state index contributed by atoms with van der Waals surface area (Å²) in [5.74, 6) is 1.80. The Morgan fingerprint density at radius 2 is 2.35 bits per heavy atom. The van der Waals surface area contributed by atoms with Gasteiger partial charge >= 0.3 is 0 Å². The molecule has 1 aliphatic rings. The van der Waals surface area contributed by atoms with Crippen molar-refractivity contribution in [2.75, 3.05) is 6.54 Å². The molecule has 1 aromatic heterocycles. The lowest BCUT2D eigenvalue weighted by atomic mass is 9.82. The van der Waals surface area contributed by atoms with Crippen LogP contribution in [0.15, 0.2) is 5.38 Å². The van der Waals surface area contributed by atoms with Gasteiger partial charge in [0, 0.05) is 11.4 Å². The Morgan fingerprint density at radius 1 is 1.53 bits per heavy atom. The first-order valence-electron chi connectivity index (χ1n) is 6.80. The lowest BCUT2D eigenvalue weighted by Gasteiger charge is -2.27. The molecule has 0 amide bonds. The van der Waals surface area contributed by atoms with E-state index in [9.17, 15) is 0 Å². The molecule has 0 saturated heterocycles. The van der Waals surface area contributed by atoms with Crippen LogP contribution in [0.1, 0.15) is 56.3 Å². The zero-order valence-electron chi connectivity index (χ0n) is 11.2. The fourth-order valence-electron chi connectivity index (χ4n) is 2.77. The highest BCUT2D eigenvalue weighted by molar-refractivity contribution is 7.09. The van der Waals surface area contributed by atoms with Gasteiger partial charge in [-0.25, -0.2) is 4.98 Å². The number of aryl methyl sites for hydroxylation is 1. The van der Waals surface area contributed by atoms with E-state index >= 15 is 0 Å². The highest BCUT2D eigenvalue weighted by Gasteiger charge is 2.19. The highest BCUT2D eigenvalue weighted by atomic mass is 32.1. The van der Waals surface area contributed by atoms with Crippen LogP contribution in [0.4, 0.5) is 0 Å².